The van der Waals surface area contributed by atoms with Crippen molar-refractivity contribution in [1.29, 1.82) is 0 Å². The Kier molecular flexibility index (Phi) is 4.39. The maximum Gasteiger partial charge on any atom is 0.416 e. The molecule has 0 radical (unpaired) electrons. The van der Waals surface area contributed by atoms with E-state index in [2.05, 4.69) is 0 Å². The number of alkyl halides is 3. The summed E-state index contributed by atoms with van der Waals surface area (Å²) in [7, 11) is -3.77. The SMILES string of the molecule is O=S(=O)(C[C@@H]1CCCCO1)c1cccc(C(F)(F)F)c1. The van der Waals surface area contributed by atoms with E-state index in [4.69, 9.17) is 4.74 Å². The Bertz CT molecular complexity index is 560. The van der Waals surface area contributed by atoms with Gasteiger partial charge < -0.3 is 4.74 Å². The molecule has 1 aliphatic rings. The van der Waals surface area contributed by atoms with Crippen molar-refractivity contribution in [3.8, 4) is 0 Å². The molecule has 7 heteroatoms. The van der Waals surface area contributed by atoms with Crippen molar-refractivity contribution >= 4 is 9.84 Å². The molecule has 0 aliphatic carbocycles. The van der Waals surface area contributed by atoms with Crippen LogP contribution in [0, 0.1) is 0 Å². The minimum atomic E-state index is -4.55. The lowest BCUT2D eigenvalue weighted by atomic mass is 10.1. The number of halogens is 3. The third kappa shape index (κ3) is 3.73. The molecule has 1 heterocycles. The van der Waals surface area contributed by atoms with E-state index in [9.17, 15) is 21.6 Å². The van der Waals surface area contributed by atoms with Crippen LogP contribution in [0.1, 0.15) is 24.8 Å². The monoisotopic (exact) mass is 308 g/mol. The average Bonchev–Trinajstić information content (AvgIpc) is 2.38. The van der Waals surface area contributed by atoms with Gasteiger partial charge in [-0.25, -0.2) is 8.42 Å². The highest BCUT2D eigenvalue weighted by atomic mass is 32.2. The van der Waals surface area contributed by atoms with Crippen LogP contribution in [0.5, 0.6) is 0 Å². The molecule has 0 spiro atoms. The number of hydrogen-bond acceptors (Lipinski definition) is 3. The summed E-state index contributed by atoms with van der Waals surface area (Å²) in [6.45, 7) is 0.503. The fraction of sp³-hybridized carbons (Fsp3) is 0.538. The predicted octanol–water partition coefficient (Wildman–Crippen LogP) is 3.05. The second-order valence-corrected chi connectivity index (χ2v) is 6.83. The number of benzene rings is 1. The van der Waals surface area contributed by atoms with Crippen LogP contribution < -0.4 is 0 Å². The zero-order valence-electron chi connectivity index (χ0n) is 10.7. The molecule has 0 N–H and O–H groups in total. The Morgan fingerprint density at radius 2 is 2.00 bits per heavy atom. The van der Waals surface area contributed by atoms with Crippen molar-refractivity contribution in [2.75, 3.05) is 12.4 Å². The van der Waals surface area contributed by atoms with Gasteiger partial charge in [0.15, 0.2) is 9.84 Å². The van der Waals surface area contributed by atoms with Crippen LogP contribution in [0.4, 0.5) is 13.2 Å². The molecule has 2 rings (SSSR count). The van der Waals surface area contributed by atoms with E-state index in [0.717, 1.165) is 25.0 Å². The largest absolute Gasteiger partial charge is 0.416 e. The van der Waals surface area contributed by atoms with Crippen LogP contribution in [0.15, 0.2) is 29.2 Å². The zero-order valence-corrected chi connectivity index (χ0v) is 11.5. The second kappa shape index (κ2) is 5.73. The molecular formula is C13H15F3O3S. The Morgan fingerprint density at radius 1 is 1.25 bits per heavy atom. The van der Waals surface area contributed by atoms with Gasteiger partial charge in [0.2, 0.25) is 0 Å². The molecule has 112 valence electrons. The second-order valence-electron chi connectivity index (χ2n) is 4.80. The molecule has 20 heavy (non-hydrogen) atoms. The van der Waals surface area contributed by atoms with E-state index in [1.54, 1.807) is 0 Å². The maximum absolute atomic E-state index is 12.6. The van der Waals surface area contributed by atoms with Gasteiger partial charge in [0.05, 0.1) is 22.3 Å². The van der Waals surface area contributed by atoms with Crippen molar-refractivity contribution in [2.45, 2.75) is 36.4 Å². The van der Waals surface area contributed by atoms with Crippen molar-refractivity contribution in [2.24, 2.45) is 0 Å². The molecule has 0 bridgehead atoms. The van der Waals surface area contributed by atoms with Crippen molar-refractivity contribution in [3.63, 3.8) is 0 Å². The van der Waals surface area contributed by atoms with Gasteiger partial charge in [-0.05, 0) is 37.5 Å². The van der Waals surface area contributed by atoms with Crippen molar-refractivity contribution < 1.29 is 26.3 Å². The molecule has 0 aromatic heterocycles. The summed E-state index contributed by atoms with van der Waals surface area (Å²) in [4.78, 5) is -0.304. The van der Waals surface area contributed by atoms with E-state index in [1.165, 1.54) is 6.07 Å². The van der Waals surface area contributed by atoms with Gasteiger partial charge in [0.1, 0.15) is 0 Å². The van der Waals surface area contributed by atoms with Crippen LogP contribution >= 0.6 is 0 Å². The Balaban J connectivity index is 2.20. The molecule has 1 aromatic rings. The van der Waals surface area contributed by atoms with E-state index in [1.807, 2.05) is 0 Å². The highest BCUT2D eigenvalue weighted by molar-refractivity contribution is 7.91. The molecule has 0 amide bonds. The Hall–Kier alpha value is -1.08. The number of hydrogen-bond donors (Lipinski definition) is 0. The lowest BCUT2D eigenvalue weighted by Crippen LogP contribution is -2.27. The smallest absolute Gasteiger partial charge is 0.377 e. The van der Waals surface area contributed by atoms with Crippen LogP contribution in [0.3, 0.4) is 0 Å². The summed E-state index contributed by atoms with van der Waals surface area (Å²) < 4.78 is 67.4. The molecule has 1 aromatic carbocycles. The standard InChI is InChI=1S/C13H15F3O3S/c14-13(15,16)10-4-3-6-12(8-10)20(17,18)9-11-5-1-2-7-19-11/h3-4,6,8,11H,1-2,5,7,9H2/t11-/m0/s1. The third-order valence-electron chi connectivity index (χ3n) is 3.20. The first-order valence-corrected chi connectivity index (χ1v) is 7.96. The van der Waals surface area contributed by atoms with E-state index in [-0.39, 0.29) is 10.6 Å². The summed E-state index contributed by atoms with van der Waals surface area (Å²) in [5.74, 6) is -0.270. The minimum absolute atomic E-state index is 0.270. The lowest BCUT2D eigenvalue weighted by molar-refractivity contribution is -0.137. The third-order valence-corrected chi connectivity index (χ3v) is 4.98. The fourth-order valence-corrected chi connectivity index (χ4v) is 3.68. The fourth-order valence-electron chi connectivity index (χ4n) is 2.15. The molecule has 1 fully saturated rings. The topological polar surface area (TPSA) is 43.4 Å². The van der Waals surface area contributed by atoms with Crippen LogP contribution in [0.25, 0.3) is 0 Å². The number of sulfone groups is 1. The molecular weight excluding hydrogens is 293 g/mol. The minimum Gasteiger partial charge on any atom is -0.377 e. The summed E-state index contributed by atoms with van der Waals surface area (Å²) in [6.07, 6.45) is -2.59. The van der Waals surface area contributed by atoms with Gasteiger partial charge in [-0.2, -0.15) is 13.2 Å². The molecule has 3 nitrogen and oxygen atoms in total. The van der Waals surface area contributed by atoms with Crippen LogP contribution in [-0.2, 0) is 20.8 Å². The first kappa shape index (κ1) is 15.3. The molecule has 1 saturated heterocycles. The molecule has 1 aliphatic heterocycles. The van der Waals surface area contributed by atoms with Gasteiger partial charge in [-0.3, -0.25) is 0 Å². The van der Waals surface area contributed by atoms with Crippen molar-refractivity contribution in [3.05, 3.63) is 29.8 Å². The van der Waals surface area contributed by atoms with Crippen molar-refractivity contribution in [1.82, 2.24) is 0 Å². The van der Waals surface area contributed by atoms with E-state index in [0.29, 0.717) is 19.1 Å². The number of rotatable bonds is 3. The summed E-state index contributed by atoms with van der Waals surface area (Å²) in [5.41, 5.74) is -0.955. The zero-order chi connectivity index (χ0) is 14.8. The quantitative estimate of drug-likeness (QED) is 0.862. The van der Waals surface area contributed by atoms with E-state index >= 15 is 0 Å². The number of ether oxygens (including phenoxy) is 1. The highest BCUT2D eigenvalue weighted by Gasteiger charge is 2.32. The van der Waals surface area contributed by atoms with Gasteiger partial charge in [0, 0.05) is 6.61 Å². The van der Waals surface area contributed by atoms with Gasteiger partial charge in [0.25, 0.3) is 0 Å². The summed E-state index contributed by atoms with van der Waals surface area (Å²) in [5, 5.41) is 0. The summed E-state index contributed by atoms with van der Waals surface area (Å²) >= 11 is 0. The van der Waals surface area contributed by atoms with Gasteiger partial charge >= 0.3 is 6.18 Å². The first-order chi connectivity index (χ1) is 9.29. The molecule has 0 unspecified atom stereocenters. The maximum atomic E-state index is 12.6. The predicted molar refractivity (Wildman–Crippen MR) is 67.1 cm³/mol. The average molecular weight is 308 g/mol. The molecule has 0 saturated carbocycles. The van der Waals surface area contributed by atoms with Gasteiger partial charge in [-0.1, -0.05) is 6.07 Å². The summed E-state index contributed by atoms with van der Waals surface area (Å²) in [6, 6.07) is 3.83. The molecule has 1 atom stereocenters. The first-order valence-electron chi connectivity index (χ1n) is 6.31. The van der Waals surface area contributed by atoms with Crippen LogP contribution in [0.2, 0.25) is 0 Å². The Morgan fingerprint density at radius 3 is 2.60 bits per heavy atom. The highest BCUT2D eigenvalue weighted by Crippen LogP contribution is 2.31. The lowest BCUT2D eigenvalue weighted by Gasteiger charge is -2.22. The Labute approximate surface area is 115 Å². The van der Waals surface area contributed by atoms with Gasteiger partial charge in [-0.15, -0.1) is 0 Å². The van der Waals surface area contributed by atoms with E-state index < -0.39 is 27.7 Å². The normalized spacial score (nSPS) is 20.9. The van der Waals surface area contributed by atoms with Crippen LogP contribution in [-0.4, -0.2) is 26.9 Å².